The lowest BCUT2D eigenvalue weighted by Gasteiger charge is -2.24. The van der Waals surface area contributed by atoms with Crippen molar-refractivity contribution in [3.63, 3.8) is 0 Å². The van der Waals surface area contributed by atoms with Crippen LogP contribution < -0.4 is 15.6 Å². The Hall–Kier alpha value is -3.42. The quantitative estimate of drug-likeness (QED) is 0.276. The highest BCUT2D eigenvalue weighted by Crippen LogP contribution is 2.37. The first-order valence-corrected chi connectivity index (χ1v) is 14.0. The normalized spacial score (nSPS) is 14.7. The molecule has 202 valence electrons. The number of aromatic nitrogens is 3. The van der Waals surface area contributed by atoms with E-state index < -0.39 is 28.4 Å². The number of anilines is 1. The second-order valence-electron chi connectivity index (χ2n) is 10.6. The number of pyridine rings is 1. The number of nitrogens with one attached hydrogen (secondary N) is 3. The smallest absolute Gasteiger partial charge is 0.427 e. The lowest BCUT2D eigenvalue weighted by atomic mass is 9.60. The molecule has 13 heteroatoms. The molecule has 5 N–H and O–H groups in total. The number of nitrogens with zero attached hydrogens (tertiary/aromatic N) is 3. The Morgan fingerprint density at radius 2 is 1.95 bits per heavy atom. The van der Waals surface area contributed by atoms with Crippen LogP contribution in [-0.4, -0.2) is 41.8 Å². The number of fused-ring (bicyclic) bond motifs is 1. The lowest BCUT2D eigenvalue weighted by Crippen LogP contribution is -2.35. The van der Waals surface area contributed by atoms with Gasteiger partial charge < -0.3 is 19.9 Å². The zero-order valence-electron chi connectivity index (χ0n) is 21.9. The lowest BCUT2D eigenvalue weighted by molar-refractivity contribution is 0.256. The van der Waals surface area contributed by atoms with Crippen molar-refractivity contribution in [2.45, 2.75) is 69.9 Å². The molecule has 0 fully saturated rings. The summed E-state index contributed by atoms with van der Waals surface area (Å²) in [6, 6.07) is 7.63. The van der Waals surface area contributed by atoms with Gasteiger partial charge in [0.25, 0.3) is 5.56 Å². The fourth-order valence-corrected chi connectivity index (χ4v) is 5.34. The van der Waals surface area contributed by atoms with E-state index in [4.69, 9.17) is 4.78 Å². The fraction of sp³-hybridized carbons (Fsp3) is 0.400. The maximum atomic E-state index is 13.0. The summed E-state index contributed by atoms with van der Waals surface area (Å²) in [4.78, 5) is 25.9. The molecule has 0 radical (unpaired) electrons. The number of urea groups is 1. The van der Waals surface area contributed by atoms with E-state index in [2.05, 4.69) is 15.1 Å². The summed E-state index contributed by atoms with van der Waals surface area (Å²) in [5.74, 6) is 0. The van der Waals surface area contributed by atoms with Crippen LogP contribution in [0.15, 0.2) is 52.5 Å². The molecular formula is C25H33BN6O5S. The van der Waals surface area contributed by atoms with E-state index in [1.54, 1.807) is 37.0 Å². The molecule has 4 rings (SSSR count). The summed E-state index contributed by atoms with van der Waals surface area (Å²) in [7, 11) is -5.30. The molecule has 3 aromatic rings. The van der Waals surface area contributed by atoms with Gasteiger partial charge in [0.1, 0.15) is 0 Å². The van der Waals surface area contributed by atoms with Crippen molar-refractivity contribution in [2.24, 2.45) is 0 Å². The summed E-state index contributed by atoms with van der Waals surface area (Å²) >= 11 is 0. The van der Waals surface area contributed by atoms with Gasteiger partial charge in [-0.2, -0.15) is 5.10 Å². The number of hydrogen-bond acceptors (Lipinski definition) is 7. The number of carbonyl (C=O) groups excluding carboxylic acids is 1. The molecule has 1 aromatic carbocycles. The van der Waals surface area contributed by atoms with Gasteiger partial charge in [0, 0.05) is 41.9 Å². The van der Waals surface area contributed by atoms with E-state index in [-0.39, 0.29) is 23.2 Å². The number of amides is 2. The van der Waals surface area contributed by atoms with E-state index in [1.165, 1.54) is 16.7 Å². The van der Waals surface area contributed by atoms with Crippen LogP contribution in [0.25, 0.3) is 11.1 Å². The van der Waals surface area contributed by atoms with Gasteiger partial charge in [-0.25, -0.2) is 18.5 Å². The molecule has 1 unspecified atom stereocenters. The van der Waals surface area contributed by atoms with Crippen molar-refractivity contribution >= 4 is 28.8 Å². The molecule has 0 saturated heterocycles. The van der Waals surface area contributed by atoms with Gasteiger partial charge in [0.15, 0.2) is 14.9 Å². The predicted octanol–water partition coefficient (Wildman–Crippen LogP) is 3.18. The number of aryl methyl sites for hydroxylation is 1. The van der Waals surface area contributed by atoms with Crippen molar-refractivity contribution in [3.05, 3.63) is 64.2 Å². The molecule has 1 aliphatic rings. The topological polar surface area (TPSA) is 162 Å². The second kappa shape index (κ2) is 10.4. The minimum absolute atomic E-state index is 0.0116. The second-order valence-corrected chi connectivity index (χ2v) is 12.3. The molecule has 0 spiro atoms. The van der Waals surface area contributed by atoms with Crippen LogP contribution in [0.4, 0.5) is 10.5 Å². The molecule has 11 nitrogen and oxygen atoms in total. The molecule has 0 saturated carbocycles. The highest BCUT2D eigenvalue weighted by Gasteiger charge is 2.33. The van der Waals surface area contributed by atoms with Gasteiger partial charge in [-0.05, 0) is 61.9 Å². The van der Waals surface area contributed by atoms with Crippen LogP contribution in [-0.2, 0) is 29.3 Å². The summed E-state index contributed by atoms with van der Waals surface area (Å²) in [5.41, 5.74) is 3.38. The minimum Gasteiger partial charge on any atom is -0.427 e. The number of rotatable bonds is 8. The van der Waals surface area contributed by atoms with Gasteiger partial charge >= 0.3 is 13.1 Å². The van der Waals surface area contributed by atoms with Crippen LogP contribution in [0.5, 0.6) is 0 Å². The Morgan fingerprint density at radius 1 is 1.21 bits per heavy atom. The Balaban J connectivity index is 1.64. The van der Waals surface area contributed by atoms with E-state index in [1.807, 2.05) is 26.0 Å². The highest BCUT2D eigenvalue weighted by atomic mass is 32.2. The van der Waals surface area contributed by atoms with Gasteiger partial charge in [-0.1, -0.05) is 26.0 Å². The summed E-state index contributed by atoms with van der Waals surface area (Å²) < 4.78 is 26.5. The van der Waals surface area contributed by atoms with E-state index in [9.17, 15) is 23.8 Å². The van der Waals surface area contributed by atoms with Crippen molar-refractivity contribution < 1.29 is 19.1 Å². The average Bonchev–Trinajstić information content (AvgIpc) is 3.51. The average molecular weight is 540 g/mol. The van der Waals surface area contributed by atoms with Crippen LogP contribution in [0.1, 0.15) is 51.3 Å². The van der Waals surface area contributed by atoms with Gasteiger partial charge in [0.05, 0.1) is 5.69 Å². The third-order valence-electron chi connectivity index (χ3n) is 6.75. The Bertz CT molecular complexity index is 1530. The SMILES string of the molecule is CC(C)n1ccc(S(=N)(=O)NC(=O)Nc2c(-c3ccn(CC(C)(C)B(O)O)c(=O)c3)ccc3c2CCC3)n1. The predicted molar refractivity (Wildman–Crippen MR) is 146 cm³/mol. The minimum atomic E-state index is -3.71. The van der Waals surface area contributed by atoms with Gasteiger partial charge in [-0.15, -0.1) is 0 Å². The number of benzene rings is 1. The first-order chi connectivity index (χ1) is 17.8. The van der Waals surface area contributed by atoms with Crippen LogP contribution in [0, 0.1) is 4.78 Å². The van der Waals surface area contributed by atoms with E-state index in [0.717, 1.165) is 30.4 Å². The summed E-state index contributed by atoms with van der Waals surface area (Å²) in [6.07, 6.45) is 5.69. The molecule has 2 amide bonds. The van der Waals surface area contributed by atoms with Crippen LogP contribution in [0.2, 0.25) is 5.31 Å². The summed E-state index contributed by atoms with van der Waals surface area (Å²) in [5, 5.41) is 25.2. The third-order valence-corrected chi connectivity index (χ3v) is 8.03. The first kappa shape index (κ1) is 27.6. The first-order valence-electron chi connectivity index (χ1n) is 12.4. The Morgan fingerprint density at radius 3 is 2.58 bits per heavy atom. The van der Waals surface area contributed by atoms with Crippen molar-refractivity contribution in [1.29, 1.82) is 4.78 Å². The molecule has 0 aliphatic heterocycles. The Labute approximate surface area is 222 Å². The maximum Gasteiger partial charge on any atom is 0.459 e. The molecular weight excluding hydrogens is 507 g/mol. The fourth-order valence-electron chi connectivity index (χ4n) is 4.46. The monoisotopic (exact) mass is 540 g/mol. The largest absolute Gasteiger partial charge is 0.459 e. The summed E-state index contributed by atoms with van der Waals surface area (Å²) in [6.45, 7) is 7.20. The molecule has 38 heavy (non-hydrogen) atoms. The highest BCUT2D eigenvalue weighted by molar-refractivity contribution is 7.91. The third kappa shape index (κ3) is 5.69. The Kier molecular flexibility index (Phi) is 7.55. The number of carbonyl (C=O) groups is 1. The van der Waals surface area contributed by atoms with E-state index in [0.29, 0.717) is 16.8 Å². The van der Waals surface area contributed by atoms with E-state index >= 15 is 0 Å². The zero-order chi connectivity index (χ0) is 27.8. The number of hydrogen-bond donors (Lipinski definition) is 5. The van der Waals surface area contributed by atoms with Gasteiger partial charge in [-0.3, -0.25) is 9.48 Å². The van der Waals surface area contributed by atoms with Gasteiger partial charge in [0.2, 0.25) is 0 Å². The molecule has 2 aromatic heterocycles. The maximum absolute atomic E-state index is 13.0. The standard InChI is InChI=1S/C25H33BN6O5S/c1-16(2)32-13-11-21(29-32)38(27,37)30-24(34)28-23-19-7-5-6-17(19)8-9-20(23)18-10-12-31(22(33)14-18)15-25(3,4)26(35)36/h8-14,16,35-36H,5-7,15H2,1-4H3,(H3,27,28,30,34,37). The van der Waals surface area contributed by atoms with Crippen LogP contribution in [0.3, 0.4) is 0 Å². The molecule has 2 heterocycles. The molecule has 0 bridgehead atoms. The molecule has 1 aliphatic carbocycles. The molecule has 1 atom stereocenters. The zero-order valence-corrected chi connectivity index (χ0v) is 22.7. The van der Waals surface area contributed by atoms with Crippen molar-refractivity contribution in [1.82, 2.24) is 19.1 Å². The van der Waals surface area contributed by atoms with Crippen molar-refractivity contribution in [3.8, 4) is 11.1 Å². The van der Waals surface area contributed by atoms with Crippen LogP contribution >= 0.6 is 0 Å². The van der Waals surface area contributed by atoms with Crippen molar-refractivity contribution in [2.75, 3.05) is 5.32 Å².